The first kappa shape index (κ1) is 19.6. The summed E-state index contributed by atoms with van der Waals surface area (Å²) in [6.45, 7) is 6.68. The molecule has 0 spiro atoms. The highest BCUT2D eigenvalue weighted by atomic mass is 32.2. The SMILES string of the molecule is Cc1ccc(C2=CN(C)Cc3cc(CN4CCN(S(C)(=O)=O)CC4)sc32)cc1. The lowest BCUT2D eigenvalue weighted by Gasteiger charge is -2.32. The summed E-state index contributed by atoms with van der Waals surface area (Å²) in [5.74, 6) is 0. The van der Waals surface area contributed by atoms with Gasteiger partial charge in [0.1, 0.15) is 0 Å². The molecule has 3 heterocycles. The Kier molecular flexibility index (Phi) is 5.35. The minimum absolute atomic E-state index is 0.585. The van der Waals surface area contributed by atoms with Crippen molar-refractivity contribution in [1.29, 1.82) is 0 Å². The number of piperazine rings is 1. The fourth-order valence-corrected chi connectivity index (χ4v) is 5.95. The van der Waals surface area contributed by atoms with Crippen molar-refractivity contribution in [3.8, 4) is 0 Å². The molecule has 0 N–H and O–H groups in total. The average molecular weight is 418 g/mol. The smallest absolute Gasteiger partial charge is 0.211 e. The van der Waals surface area contributed by atoms with E-state index in [1.807, 2.05) is 11.3 Å². The molecule has 5 nitrogen and oxygen atoms in total. The third-order valence-corrected chi connectivity index (χ3v) is 7.91. The largest absolute Gasteiger partial charge is 0.376 e. The Morgan fingerprint density at radius 1 is 1.07 bits per heavy atom. The van der Waals surface area contributed by atoms with Gasteiger partial charge in [-0.15, -0.1) is 11.3 Å². The van der Waals surface area contributed by atoms with E-state index in [2.05, 4.69) is 60.3 Å². The van der Waals surface area contributed by atoms with Crippen molar-refractivity contribution in [2.75, 3.05) is 39.5 Å². The van der Waals surface area contributed by atoms with Gasteiger partial charge < -0.3 is 4.90 Å². The molecule has 1 saturated heterocycles. The second kappa shape index (κ2) is 7.63. The molecule has 28 heavy (non-hydrogen) atoms. The van der Waals surface area contributed by atoms with Crippen LogP contribution >= 0.6 is 11.3 Å². The van der Waals surface area contributed by atoms with Gasteiger partial charge in [-0.1, -0.05) is 29.8 Å². The summed E-state index contributed by atoms with van der Waals surface area (Å²) < 4.78 is 25.0. The normalized spacial score (nSPS) is 18.8. The standard InChI is InChI=1S/C21H27N3O2S2/c1-16-4-6-17(7-5-16)20-15-22(2)13-18-12-19(27-21(18)20)14-23-8-10-24(11-9-23)28(3,25)26/h4-7,12,15H,8-11,13-14H2,1-3H3. The number of rotatable bonds is 4. The van der Waals surface area contributed by atoms with E-state index < -0.39 is 10.0 Å². The van der Waals surface area contributed by atoms with E-state index in [0.717, 1.165) is 26.2 Å². The minimum Gasteiger partial charge on any atom is -0.376 e. The van der Waals surface area contributed by atoms with Crippen LogP contribution in [0.4, 0.5) is 0 Å². The zero-order valence-corrected chi connectivity index (χ0v) is 18.3. The maximum absolute atomic E-state index is 11.7. The Morgan fingerprint density at radius 3 is 2.39 bits per heavy atom. The Bertz CT molecular complexity index is 985. The lowest BCUT2D eigenvalue weighted by Crippen LogP contribution is -2.47. The molecule has 0 radical (unpaired) electrons. The maximum atomic E-state index is 11.7. The van der Waals surface area contributed by atoms with E-state index in [4.69, 9.17) is 0 Å². The van der Waals surface area contributed by atoms with E-state index in [1.54, 1.807) is 4.31 Å². The third-order valence-electron chi connectivity index (χ3n) is 5.42. The predicted octanol–water partition coefficient (Wildman–Crippen LogP) is 2.97. The summed E-state index contributed by atoms with van der Waals surface area (Å²) in [4.78, 5) is 7.33. The number of sulfonamides is 1. The van der Waals surface area contributed by atoms with Crippen molar-refractivity contribution in [2.24, 2.45) is 0 Å². The molecule has 4 rings (SSSR count). The van der Waals surface area contributed by atoms with Crippen LogP contribution in [0.1, 0.15) is 26.4 Å². The van der Waals surface area contributed by atoms with Gasteiger partial charge in [0.15, 0.2) is 0 Å². The van der Waals surface area contributed by atoms with Crippen LogP contribution in [0, 0.1) is 6.92 Å². The van der Waals surface area contributed by atoms with Crippen molar-refractivity contribution < 1.29 is 8.42 Å². The summed E-state index contributed by atoms with van der Waals surface area (Å²) in [7, 11) is -0.951. The van der Waals surface area contributed by atoms with Crippen molar-refractivity contribution in [2.45, 2.75) is 20.0 Å². The van der Waals surface area contributed by atoms with Gasteiger partial charge in [-0.3, -0.25) is 4.90 Å². The Labute approximate surface area is 171 Å². The van der Waals surface area contributed by atoms with Crippen molar-refractivity contribution >= 4 is 26.9 Å². The van der Waals surface area contributed by atoms with E-state index in [9.17, 15) is 8.42 Å². The van der Waals surface area contributed by atoms with Gasteiger partial charge in [-0.25, -0.2) is 8.42 Å². The monoisotopic (exact) mass is 417 g/mol. The molecule has 2 aromatic rings. The van der Waals surface area contributed by atoms with Crippen molar-refractivity contribution in [1.82, 2.24) is 14.1 Å². The van der Waals surface area contributed by atoms with Gasteiger partial charge in [0, 0.05) is 67.8 Å². The van der Waals surface area contributed by atoms with E-state index in [1.165, 1.54) is 38.3 Å². The first-order chi connectivity index (χ1) is 13.3. The number of fused-ring (bicyclic) bond motifs is 1. The van der Waals surface area contributed by atoms with Gasteiger partial charge in [0.05, 0.1) is 6.26 Å². The van der Waals surface area contributed by atoms with Crippen LogP contribution in [-0.4, -0.2) is 62.0 Å². The third kappa shape index (κ3) is 4.17. The predicted molar refractivity (Wildman–Crippen MR) is 116 cm³/mol. The lowest BCUT2D eigenvalue weighted by molar-refractivity contribution is 0.183. The van der Waals surface area contributed by atoms with Crippen molar-refractivity contribution in [3.05, 3.63) is 63.0 Å². The first-order valence-electron chi connectivity index (χ1n) is 9.58. The molecule has 0 amide bonds. The highest BCUT2D eigenvalue weighted by Crippen LogP contribution is 2.38. The molecule has 1 aromatic heterocycles. The lowest BCUT2D eigenvalue weighted by atomic mass is 9.99. The molecule has 1 aromatic carbocycles. The van der Waals surface area contributed by atoms with Crippen LogP contribution < -0.4 is 0 Å². The molecule has 1 fully saturated rings. The van der Waals surface area contributed by atoms with Gasteiger partial charge in [-0.05, 0) is 24.1 Å². The van der Waals surface area contributed by atoms with Gasteiger partial charge in [0.25, 0.3) is 0 Å². The molecule has 0 saturated carbocycles. The number of thiophene rings is 1. The van der Waals surface area contributed by atoms with Crippen LogP contribution in [0.3, 0.4) is 0 Å². The van der Waals surface area contributed by atoms with Crippen molar-refractivity contribution in [3.63, 3.8) is 0 Å². The molecule has 0 bridgehead atoms. The highest BCUT2D eigenvalue weighted by Gasteiger charge is 2.25. The quantitative estimate of drug-likeness (QED) is 0.767. The fraction of sp³-hybridized carbons (Fsp3) is 0.429. The second-order valence-corrected chi connectivity index (χ2v) is 10.9. The zero-order valence-electron chi connectivity index (χ0n) is 16.7. The summed E-state index contributed by atoms with van der Waals surface area (Å²) in [6, 6.07) is 11.1. The summed E-state index contributed by atoms with van der Waals surface area (Å²) in [6.07, 6.45) is 3.55. The van der Waals surface area contributed by atoms with Crippen LogP contribution in [0.15, 0.2) is 36.5 Å². The first-order valence-corrected chi connectivity index (χ1v) is 12.2. The maximum Gasteiger partial charge on any atom is 0.211 e. The number of nitrogens with zero attached hydrogens (tertiary/aromatic N) is 3. The Balaban J connectivity index is 1.51. The molecular weight excluding hydrogens is 390 g/mol. The number of benzene rings is 1. The molecule has 2 aliphatic rings. The van der Waals surface area contributed by atoms with Gasteiger partial charge in [-0.2, -0.15) is 4.31 Å². The van der Waals surface area contributed by atoms with Crippen LogP contribution in [0.5, 0.6) is 0 Å². The highest BCUT2D eigenvalue weighted by molar-refractivity contribution is 7.88. The molecule has 0 unspecified atom stereocenters. The van der Waals surface area contributed by atoms with Crippen LogP contribution in [0.25, 0.3) is 5.57 Å². The summed E-state index contributed by atoms with van der Waals surface area (Å²) in [5.41, 5.74) is 5.21. The molecule has 2 aliphatic heterocycles. The van der Waals surface area contributed by atoms with E-state index in [0.29, 0.717) is 13.1 Å². The minimum atomic E-state index is -3.08. The zero-order chi connectivity index (χ0) is 19.9. The van der Waals surface area contributed by atoms with Crippen LogP contribution in [-0.2, 0) is 23.1 Å². The number of aryl methyl sites for hydroxylation is 1. The van der Waals surface area contributed by atoms with Gasteiger partial charge in [0.2, 0.25) is 10.0 Å². The molecular formula is C21H27N3O2S2. The van der Waals surface area contributed by atoms with E-state index in [-0.39, 0.29) is 0 Å². The summed E-state index contributed by atoms with van der Waals surface area (Å²) in [5, 5.41) is 0. The fourth-order valence-electron chi connectivity index (χ4n) is 3.88. The topological polar surface area (TPSA) is 43.9 Å². The second-order valence-electron chi connectivity index (χ2n) is 7.83. The Morgan fingerprint density at radius 2 is 1.75 bits per heavy atom. The molecule has 7 heteroatoms. The average Bonchev–Trinajstić information content (AvgIpc) is 3.03. The van der Waals surface area contributed by atoms with E-state index >= 15 is 0 Å². The van der Waals surface area contributed by atoms with Crippen LogP contribution in [0.2, 0.25) is 0 Å². The molecule has 150 valence electrons. The summed E-state index contributed by atoms with van der Waals surface area (Å²) >= 11 is 1.88. The molecule has 0 aliphatic carbocycles. The van der Waals surface area contributed by atoms with Gasteiger partial charge >= 0.3 is 0 Å². The molecule has 0 atom stereocenters. The number of hydrogen-bond acceptors (Lipinski definition) is 5. The Hall–Kier alpha value is -1.67. The number of hydrogen-bond donors (Lipinski definition) is 0.